The number of anilines is 1. The lowest BCUT2D eigenvalue weighted by Gasteiger charge is -2.13. The minimum Gasteiger partial charge on any atom is -0.480 e. The van der Waals surface area contributed by atoms with Crippen LogP contribution >= 0.6 is 11.8 Å². The van der Waals surface area contributed by atoms with E-state index in [0.717, 1.165) is 5.03 Å². The summed E-state index contributed by atoms with van der Waals surface area (Å²) in [4.78, 5) is 18.8. The van der Waals surface area contributed by atoms with Gasteiger partial charge in [-0.15, -0.1) is 11.8 Å². The normalized spacial score (nSPS) is 12.1. The van der Waals surface area contributed by atoms with Crippen molar-refractivity contribution < 1.29 is 14.6 Å². The van der Waals surface area contributed by atoms with Crippen LogP contribution in [0.3, 0.4) is 0 Å². The van der Waals surface area contributed by atoms with E-state index in [0.29, 0.717) is 5.82 Å². The second kappa shape index (κ2) is 6.29. The molecule has 1 aromatic heterocycles. The molecule has 0 aliphatic carbocycles. The smallest absolute Gasteiger partial charge is 0.328 e. The second-order valence-electron chi connectivity index (χ2n) is 2.94. The Bertz CT molecular complexity index is 362. The maximum atomic E-state index is 10.9. The van der Waals surface area contributed by atoms with Crippen molar-refractivity contribution in [2.75, 3.05) is 25.3 Å². The summed E-state index contributed by atoms with van der Waals surface area (Å²) in [5.41, 5.74) is 0. The number of carboxylic acids is 1. The molecule has 88 valence electrons. The standard InChI is InChI=1S/C9H13N3O3S/c1-15-4-6(9(13)14)12-7-3-8(16-2)11-5-10-7/h3,5-6H,4H2,1-2H3,(H,13,14)(H,10,11,12). The van der Waals surface area contributed by atoms with Crippen LogP contribution in [0.4, 0.5) is 5.82 Å². The number of carbonyl (C=O) groups is 1. The zero-order chi connectivity index (χ0) is 12.0. The molecule has 0 saturated carbocycles. The average Bonchev–Trinajstić information content (AvgIpc) is 2.28. The fourth-order valence-electron chi connectivity index (χ4n) is 1.05. The predicted octanol–water partition coefficient (Wildman–Crippen LogP) is 0.710. The number of hydrogen-bond donors (Lipinski definition) is 2. The van der Waals surface area contributed by atoms with Crippen molar-refractivity contribution >= 4 is 23.5 Å². The Morgan fingerprint density at radius 1 is 1.69 bits per heavy atom. The zero-order valence-corrected chi connectivity index (χ0v) is 9.82. The van der Waals surface area contributed by atoms with Crippen molar-refractivity contribution in [1.29, 1.82) is 0 Å². The van der Waals surface area contributed by atoms with Gasteiger partial charge in [-0.05, 0) is 6.26 Å². The van der Waals surface area contributed by atoms with E-state index in [4.69, 9.17) is 9.84 Å². The largest absolute Gasteiger partial charge is 0.480 e. The summed E-state index contributed by atoms with van der Waals surface area (Å²) in [5, 5.41) is 12.4. The molecule has 0 aliphatic rings. The van der Waals surface area contributed by atoms with Crippen LogP contribution in [0.2, 0.25) is 0 Å². The summed E-state index contributed by atoms with van der Waals surface area (Å²) in [6.45, 7) is 0.0773. The third kappa shape index (κ3) is 3.67. The molecule has 1 atom stereocenters. The van der Waals surface area contributed by atoms with Crippen molar-refractivity contribution in [3.8, 4) is 0 Å². The van der Waals surface area contributed by atoms with Crippen molar-refractivity contribution in [2.45, 2.75) is 11.1 Å². The van der Waals surface area contributed by atoms with Crippen molar-refractivity contribution in [3.63, 3.8) is 0 Å². The van der Waals surface area contributed by atoms with Gasteiger partial charge in [-0.2, -0.15) is 0 Å². The summed E-state index contributed by atoms with van der Waals surface area (Å²) in [6, 6.07) is 0.880. The van der Waals surface area contributed by atoms with Gasteiger partial charge in [0.25, 0.3) is 0 Å². The van der Waals surface area contributed by atoms with Gasteiger partial charge in [0.15, 0.2) is 0 Å². The highest BCUT2D eigenvalue weighted by Crippen LogP contribution is 2.14. The van der Waals surface area contributed by atoms with Gasteiger partial charge in [0.05, 0.1) is 6.61 Å². The molecule has 0 saturated heterocycles. The van der Waals surface area contributed by atoms with E-state index in [1.54, 1.807) is 6.07 Å². The molecule has 0 radical (unpaired) electrons. The Morgan fingerprint density at radius 2 is 2.44 bits per heavy atom. The first kappa shape index (κ1) is 12.7. The van der Waals surface area contributed by atoms with Crippen molar-refractivity contribution in [1.82, 2.24) is 9.97 Å². The van der Waals surface area contributed by atoms with E-state index in [1.807, 2.05) is 6.26 Å². The first-order valence-electron chi connectivity index (χ1n) is 4.51. The number of hydrogen-bond acceptors (Lipinski definition) is 6. The summed E-state index contributed by atoms with van der Waals surface area (Å²) < 4.78 is 4.80. The molecule has 0 amide bonds. The van der Waals surface area contributed by atoms with Crippen molar-refractivity contribution in [3.05, 3.63) is 12.4 Å². The molecule has 0 bridgehead atoms. The minimum atomic E-state index is -0.980. The molecule has 0 fully saturated rings. The van der Waals surface area contributed by atoms with Crippen LogP contribution in [0, 0.1) is 0 Å². The topological polar surface area (TPSA) is 84.3 Å². The zero-order valence-electron chi connectivity index (χ0n) is 9.01. The Balaban J connectivity index is 2.72. The SMILES string of the molecule is COCC(Nc1cc(SC)ncn1)C(=O)O. The van der Waals surface area contributed by atoms with Gasteiger partial charge in [-0.25, -0.2) is 14.8 Å². The monoisotopic (exact) mass is 243 g/mol. The van der Waals surface area contributed by atoms with Crippen LogP contribution in [0.25, 0.3) is 0 Å². The van der Waals surface area contributed by atoms with Gasteiger partial charge in [0.1, 0.15) is 23.2 Å². The summed E-state index contributed by atoms with van der Waals surface area (Å²) >= 11 is 1.46. The van der Waals surface area contributed by atoms with E-state index in [-0.39, 0.29) is 6.61 Å². The number of aliphatic carboxylic acids is 1. The number of nitrogens with zero attached hydrogens (tertiary/aromatic N) is 2. The van der Waals surface area contributed by atoms with Gasteiger partial charge >= 0.3 is 5.97 Å². The first-order chi connectivity index (χ1) is 7.67. The number of methoxy groups -OCH3 is 1. The molecule has 1 heterocycles. The molecule has 7 heteroatoms. The molecule has 1 rings (SSSR count). The third-order valence-electron chi connectivity index (χ3n) is 1.80. The lowest BCUT2D eigenvalue weighted by molar-refractivity contribution is -0.139. The van der Waals surface area contributed by atoms with E-state index in [2.05, 4.69) is 15.3 Å². The summed E-state index contributed by atoms with van der Waals surface area (Å²) in [6.07, 6.45) is 3.27. The molecular formula is C9H13N3O3S. The quantitative estimate of drug-likeness (QED) is 0.562. The van der Waals surface area contributed by atoms with E-state index >= 15 is 0 Å². The van der Waals surface area contributed by atoms with Crippen LogP contribution in [-0.2, 0) is 9.53 Å². The molecule has 16 heavy (non-hydrogen) atoms. The number of thioether (sulfide) groups is 1. The highest BCUT2D eigenvalue weighted by atomic mass is 32.2. The lowest BCUT2D eigenvalue weighted by atomic mass is 10.3. The summed E-state index contributed by atoms with van der Waals surface area (Å²) in [5.74, 6) is -0.505. The van der Waals surface area contributed by atoms with Crippen LogP contribution in [0.5, 0.6) is 0 Å². The van der Waals surface area contributed by atoms with Crippen LogP contribution in [-0.4, -0.2) is 47.1 Å². The molecule has 0 spiro atoms. The highest BCUT2D eigenvalue weighted by Gasteiger charge is 2.17. The van der Waals surface area contributed by atoms with Gasteiger partial charge in [-0.1, -0.05) is 0 Å². The Hall–Kier alpha value is -1.34. The van der Waals surface area contributed by atoms with Crippen LogP contribution < -0.4 is 5.32 Å². The minimum absolute atomic E-state index is 0.0773. The van der Waals surface area contributed by atoms with E-state index in [9.17, 15) is 4.79 Å². The number of carboxylic acid groups (broad SMARTS) is 1. The Labute approximate surface area is 97.4 Å². The van der Waals surface area contributed by atoms with Crippen LogP contribution in [0.15, 0.2) is 17.4 Å². The van der Waals surface area contributed by atoms with Gasteiger partial charge in [0.2, 0.25) is 0 Å². The molecular weight excluding hydrogens is 230 g/mol. The number of ether oxygens (including phenoxy) is 1. The fraction of sp³-hybridized carbons (Fsp3) is 0.444. The van der Waals surface area contributed by atoms with Gasteiger partial charge in [-0.3, -0.25) is 0 Å². The van der Waals surface area contributed by atoms with Crippen molar-refractivity contribution in [2.24, 2.45) is 0 Å². The summed E-state index contributed by atoms with van der Waals surface area (Å²) in [7, 11) is 1.45. The van der Waals surface area contributed by atoms with Gasteiger partial charge in [0, 0.05) is 13.2 Å². The third-order valence-corrected chi connectivity index (χ3v) is 2.45. The number of aromatic nitrogens is 2. The van der Waals surface area contributed by atoms with Crippen LogP contribution in [0.1, 0.15) is 0 Å². The molecule has 0 aromatic carbocycles. The first-order valence-corrected chi connectivity index (χ1v) is 5.74. The number of nitrogens with one attached hydrogen (secondary N) is 1. The Kier molecular flexibility index (Phi) is 5.00. The molecule has 6 nitrogen and oxygen atoms in total. The molecule has 1 aromatic rings. The molecule has 0 aliphatic heterocycles. The second-order valence-corrected chi connectivity index (χ2v) is 3.76. The lowest BCUT2D eigenvalue weighted by Crippen LogP contribution is -2.33. The maximum Gasteiger partial charge on any atom is 0.328 e. The average molecular weight is 243 g/mol. The van der Waals surface area contributed by atoms with E-state index < -0.39 is 12.0 Å². The number of rotatable bonds is 6. The Morgan fingerprint density at radius 3 is 3.00 bits per heavy atom. The fourth-order valence-corrected chi connectivity index (χ4v) is 1.43. The van der Waals surface area contributed by atoms with E-state index in [1.165, 1.54) is 25.2 Å². The highest BCUT2D eigenvalue weighted by molar-refractivity contribution is 7.98. The molecule has 1 unspecified atom stereocenters. The predicted molar refractivity (Wildman–Crippen MR) is 60.7 cm³/mol. The molecule has 2 N–H and O–H groups in total. The van der Waals surface area contributed by atoms with Gasteiger partial charge < -0.3 is 15.2 Å². The maximum absolute atomic E-state index is 10.9.